The largest absolute Gasteiger partial charge is 0.352 e. The third-order valence-corrected chi connectivity index (χ3v) is 4.77. The highest BCUT2D eigenvalue weighted by molar-refractivity contribution is 5.95. The number of benzene rings is 2. The average molecular weight is 364 g/mol. The number of fused-ring (bicyclic) bond motifs is 1. The van der Waals surface area contributed by atoms with E-state index in [2.05, 4.69) is 41.9 Å². The number of aromatic nitrogens is 2. The van der Waals surface area contributed by atoms with Gasteiger partial charge in [0.25, 0.3) is 5.91 Å². The van der Waals surface area contributed by atoms with E-state index in [-0.39, 0.29) is 5.91 Å². The smallest absolute Gasteiger partial charge is 0.251 e. The number of hydrogen-bond donors (Lipinski definition) is 1. The van der Waals surface area contributed by atoms with Crippen LogP contribution in [0, 0.1) is 19.8 Å². The van der Waals surface area contributed by atoms with Gasteiger partial charge < -0.3 is 9.88 Å². The highest BCUT2D eigenvalue weighted by Crippen LogP contribution is 2.19. The van der Waals surface area contributed by atoms with Crippen LogP contribution >= 0.6 is 0 Å². The first-order valence-corrected chi connectivity index (χ1v) is 9.75. The van der Waals surface area contributed by atoms with E-state index in [0.717, 1.165) is 41.9 Å². The molecule has 0 saturated carbocycles. The number of aryl methyl sites for hydroxylation is 3. The number of imidazole rings is 1. The van der Waals surface area contributed by atoms with Crippen molar-refractivity contribution in [1.82, 2.24) is 14.9 Å². The molecule has 2 aromatic carbocycles. The van der Waals surface area contributed by atoms with Crippen molar-refractivity contribution < 1.29 is 4.79 Å². The van der Waals surface area contributed by atoms with Crippen molar-refractivity contribution in [3.05, 3.63) is 65.0 Å². The highest BCUT2D eigenvalue weighted by atomic mass is 16.1. The molecule has 142 valence electrons. The van der Waals surface area contributed by atoms with Gasteiger partial charge in [0.05, 0.1) is 11.0 Å². The van der Waals surface area contributed by atoms with Gasteiger partial charge in [-0.25, -0.2) is 4.98 Å². The molecule has 3 rings (SSSR count). The van der Waals surface area contributed by atoms with E-state index in [1.54, 1.807) is 0 Å². The summed E-state index contributed by atoms with van der Waals surface area (Å²) in [6.45, 7) is 10.1. The number of carbonyl (C=O) groups is 1. The van der Waals surface area contributed by atoms with Gasteiger partial charge in [-0.3, -0.25) is 4.79 Å². The molecule has 0 aliphatic rings. The van der Waals surface area contributed by atoms with Gasteiger partial charge in [0.1, 0.15) is 5.82 Å². The van der Waals surface area contributed by atoms with Crippen LogP contribution in [0.5, 0.6) is 0 Å². The van der Waals surface area contributed by atoms with Gasteiger partial charge in [-0.15, -0.1) is 0 Å². The molecule has 0 saturated heterocycles. The Labute approximate surface area is 161 Å². The summed E-state index contributed by atoms with van der Waals surface area (Å²) in [5.74, 6) is 1.67. The van der Waals surface area contributed by atoms with Crippen LogP contribution in [0.3, 0.4) is 0 Å². The van der Waals surface area contributed by atoms with Crippen LogP contribution in [0.1, 0.15) is 47.6 Å². The summed E-state index contributed by atoms with van der Waals surface area (Å²) in [6, 6.07) is 14.2. The fraction of sp³-hybridized carbons (Fsp3) is 0.391. The number of nitrogens with one attached hydrogen (secondary N) is 1. The normalized spacial score (nSPS) is 11.3. The van der Waals surface area contributed by atoms with E-state index in [1.165, 1.54) is 11.1 Å². The second kappa shape index (κ2) is 8.38. The van der Waals surface area contributed by atoms with Gasteiger partial charge in [-0.1, -0.05) is 43.7 Å². The molecule has 0 aliphatic carbocycles. The first-order valence-electron chi connectivity index (χ1n) is 9.75. The van der Waals surface area contributed by atoms with Crippen molar-refractivity contribution in [3.63, 3.8) is 0 Å². The van der Waals surface area contributed by atoms with E-state index >= 15 is 0 Å². The molecule has 0 unspecified atom stereocenters. The molecular formula is C23H29N3O. The first kappa shape index (κ1) is 19.2. The third kappa shape index (κ3) is 4.57. The lowest BCUT2D eigenvalue weighted by Gasteiger charge is -2.12. The number of carbonyl (C=O) groups excluding carboxylic acids is 1. The van der Waals surface area contributed by atoms with Gasteiger partial charge >= 0.3 is 0 Å². The van der Waals surface area contributed by atoms with Crippen molar-refractivity contribution in [2.75, 3.05) is 6.54 Å². The number of amides is 1. The molecule has 1 aromatic heterocycles. The number of nitrogens with zero attached hydrogens (tertiary/aromatic N) is 2. The molecule has 1 N–H and O–H groups in total. The van der Waals surface area contributed by atoms with Crippen molar-refractivity contribution >= 4 is 16.9 Å². The molecule has 4 heteroatoms. The Morgan fingerprint density at radius 2 is 1.93 bits per heavy atom. The summed E-state index contributed by atoms with van der Waals surface area (Å²) < 4.78 is 2.33. The van der Waals surface area contributed by atoms with Gasteiger partial charge in [-0.2, -0.15) is 0 Å². The maximum Gasteiger partial charge on any atom is 0.251 e. The fourth-order valence-corrected chi connectivity index (χ4v) is 3.50. The predicted octanol–water partition coefficient (Wildman–Crippen LogP) is 4.67. The lowest BCUT2D eigenvalue weighted by atomic mass is 10.1. The Hall–Kier alpha value is -2.62. The van der Waals surface area contributed by atoms with Crippen LogP contribution in [0.25, 0.3) is 11.0 Å². The zero-order chi connectivity index (χ0) is 19.4. The molecule has 4 nitrogen and oxygen atoms in total. The summed E-state index contributed by atoms with van der Waals surface area (Å²) in [4.78, 5) is 17.2. The number of hydrogen-bond acceptors (Lipinski definition) is 2. The van der Waals surface area contributed by atoms with Crippen molar-refractivity contribution in [2.24, 2.45) is 5.92 Å². The van der Waals surface area contributed by atoms with E-state index < -0.39 is 0 Å². The Balaban J connectivity index is 1.62. The van der Waals surface area contributed by atoms with E-state index in [1.807, 2.05) is 38.1 Å². The Kier molecular flexibility index (Phi) is 5.94. The zero-order valence-electron chi connectivity index (χ0n) is 16.7. The summed E-state index contributed by atoms with van der Waals surface area (Å²) in [5.41, 5.74) is 5.19. The maximum absolute atomic E-state index is 12.4. The highest BCUT2D eigenvalue weighted by Gasteiger charge is 2.12. The lowest BCUT2D eigenvalue weighted by Crippen LogP contribution is -2.25. The van der Waals surface area contributed by atoms with E-state index in [4.69, 9.17) is 4.98 Å². The van der Waals surface area contributed by atoms with Crippen LogP contribution in [0.2, 0.25) is 0 Å². The SMILES string of the molecule is Cc1ccc(C(=O)NCCCc2nc3ccccc3n2CC(C)C)c(C)c1. The summed E-state index contributed by atoms with van der Waals surface area (Å²) in [6.07, 6.45) is 1.73. The molecule has 1 amide bonds. The molecule has 0 aliphatic heterocycles. The Morgan fingerprint density at radius 1 is 1.15 bits per heavy atom. The summed E-state index contributed by atoms with van der Waals surface area (Å²) in [7, 11) is 0. The summed E-state index contributed by atoms with van der Waals surface area (Å²) >= 11 is 0. The Bertz CT molecular complexity index is 940. The van der Waals surface area contributed by atoms with Gasteiger partial charge in [0, 0.05) is 25.1 Å². The maximum atomic E-state index is 12.4. The van der Waals surface area contributed by atoms with Gasteiger partial charge in [0.15, 0.2) is 0 Å². The zero-order valence-corrected chi connectivity index (χ0v) is 16.7. The molecule has 0 atom stereocenters. The van der Waals surface area contributed by atoms with E-state index in [0.29, 0.717) is 12.5 Å². The minimum Gasteiger partial charge on any atom is -0.352 e. The quantitative estimate of drug-likeness (QED) is 0.620. The number of para-hydroxylation sites is 2. The molecule has 0 radical (unpaired) electrons. The molecule has 0 bridgehead atoms. The molecular weight excluding hydrogens is 334 g/mol. The van der Waals surface area contributed by atoms with Crippen LogP contribution in [-0.2, 0) is 13.0 Å². The monoisotopic (exact) mass is 363 g/mol. The minimum atomic E-state index is 0.00295. The Morgan fingerprint density at radius 3 is 2.67 bits per heavy atom. The van der Waals surface area contributed by atoms with Crippen LogP contribution < -0.4 is 5.32 Å². The molecule has 0 spiro atoms. The topological polar surface area (TPSA) is 46.9 Å². The predicted molar refractivity (Wildman–Crippen MR) is 111 cm³/mol. The molecule has 27 heavy (non-hydrogen) atoms. The van der Waals surface area contributed by atoms with E-state index in [9.17, 15) is 4.79 Å². The second-order valence-corrected chi connectivity index (χ2v) is 7.70. The molecule has 1 heterocycles. The van der Waals surface area contributed by atoms with Crippen LogP contribution in [-0.4, -0.2) is 22.0 Å². The molecule has 3 aromatic rings. The van der Waals surface area contributed by atoms with Gasteiger partial charge in [-0.05, 0) is 49.9 Å². The van der Waals surface area contributed by atoms with Crippen LogP contribution in [0.4, 0.5) is 0 Å². The number of rotatable bonds is 7. The first-order chi connectivity index (χ1) is 13.0. The fourth-order valence-electron chi connectivity index (χ4n) is 3.50. The van der Waals surface area contributed by atoms with Crippen molar-refractivity contribution in [1.29, 1.82) is 0 Å². The lowest BCUT2D eigenvalue weighted by molar-refractivity contribution is 0.0952. The van der Waals surface area contributed by atoms with Crippen molar-refractivity contribution in [2.45, 2.75) is 47.1 Å². The minimum absolute atomic E-state index is 0.00295. The third-order valence-electron chi connectivity index (χ3n) is 4.77. The standard InChI is InChI=1S/C23H29N3O/c1-16(2)15-26-21-9-6-5-8-20(21)25-22(26)10-7-13-24-23(27)19-12-11-17(3)14-18(19)4/h5-6,8-9,11-12,14,16H,7,10,13,15H2,1-4H3,(H,24,27). The van der Waals surface area contributed by atoms with Crippen molar-refractivity contribution in [3.8, 4) is 0 Å². The second-order valence-electron chi connectivity index (χ2n) is 7.70. The average Bonchev–Trinajstić information content (AvgIpc) is 2.95. The van der Waals surface area contributed by atoms with Gasteiger partial charge in [0.2, 0.25) is 0 Å². The molecule has 0 fully saturated rings. The van der Waals surface area contributed by atoms with Crippen LogP contribution in [0.15, 0.2) is 42.5 Å². The summed E-state index contributed by atoms with van der Waals surface area (Å²) in [5, 5.41) is 3.05.